The Balaban J connectivity index is 2.41. The van der Waals surface area contributed by atoms with Gasteiger partial charge in [-0.25, -0.2) is 9.48 Å². The number of aromatic nitrogens is 4. The van der Waals surface area contributed by atoms with E-state index in [0.717, 1.165) is 25.7 Å². The SMILES string of the molecule is CC1(c2nnnn2C(C)(C)C(=O)O)CCCCC1. The molecule has 0 radical (unpaired) electrons. The molecule has 0 bridgehead atoms. The minimum absolute atomic E-state index is 0.103. The lowest BCUT2D eigenvalue weighted by Gasteiger charge is -2.34. The number of hydrogen-bond donors (Lipinski definition) is 1. The molecule has 0 saturated heterocycles. The molecule has 1 aromatic heterocycles. The monoisotopic (exact) mass is 252 g/mol. The Morgan fingerprint density at radius 1 is 1.33 bits per heavy atom. The van der Waals surface area contributed by atoms with Crippen molar-refractivity contribution in [1.29, 1.82) is 0 Å². The maximum absolute atomic E-state index is 11.3. The molecule has 0 spiro atoms. The van der Waals surface area contributed by atoms with Crippen molar-refractivity contribution in [2.75, 3.05) is 0 Å². The van der Waals surface area contributed by atoms with Gasteiger partial charge in [0.25, 0.3) is 0 Å². The van der Waals surface area contributed by atoms with Crippen LogP contribution < -0.4 is 0 Å². The number of carboxylic acid groups (broad SMARTS) is 1. The lowest BCUT2D eigenvalue weighted by molar-refractivity contribution is -0.146. The fraction of sp³-hybridized carbons (Fsp3) is 0.833. The second kappa shape index (κ2) is 4.33. The molecule has 6 heteroatoms. The fourth-order valence-electron chi connectivity index (χ4n) is 2.59. The van der Waals surface area contributed by atoms with Crippen molar-refractivity contribution < 1.29 is 9.90 Å². The second-order valence-electron chi connectivity index (χ2n) is 5.90. The van der Waals surface area contributed by atoms with E-state index in [9.17, 15) is 9.90 Å². The molecule has 1 aromatic rings. The normalized spacial score (nSPS) is 19.7. The van der Waals surface area contributed by atoms with E-state index in [2.05, 4.69) is 22.4 Å². The molecule has 1 saturated carbocycles. The van der Waals surface area contributed by atoms with Gasteiger partial charge in [0.15, 0.2) is 11.4 Å². The molecular weight excluding hydrogens is 232 g/mol. The first-order valence-electron chi connectivity index (χ1n) is 6.41. The standard InChI is InChI=1S/C12H20N4O2/c1-11(2,10(17)18)16-9(13-14-15-16)12(3)7-5-4-6-8-12/h4-8H2,1-3H3,(H,17,18). The van der Waals surface area contributed by atoms with E-state index in [0.29, 0.717) is 5.82 Å². The highest BCUT2D eigenvalue weighted by Crippen LogP contribution is 2.38. The third-order valence-corrected chi connectivity index (χ3v) is 4.02. The van der Waals surface area contributed by atoms with E-state index in [1.165, 1.54) is 11.1 Å². The van der Waals surface area contributed by atoms with E-state index in [1.807, 2.05) is 0 Å². The summed E-state index contributed by atoms with van der Waals surface area (Å²) in [7, 11) is 0. The summed E-state index contributed by atoms with van der Waals surface area (Å²) in [5.41, 5.74) is -1.21. The van der Waals surface area contributed by atoms with Crippen LogP contribution in [0.5, 0.6) is 0 Å². The highest BCUT2D eigenvalue weighted by Gasteiger charge is 2.40. The minimum Gasteiger partial charge on any atom is -0.479 e. The first-order valence-corrected chi connectivity index (χ1v) is 6.41. The summed E-state index contributed by atoms with van der Waals surface area (Å²) in [4.78, 5) is 11.3. The van der Waals surface area contributed by atoms with Crippen LogP contribution in [0.3, 0.4) is 0 Å². The van der Waals surface area contributed by atoms with Gasteiger partial charge in [-0.05, 0) is 37.1 Å². The molecule has 1 heterocycles. The Bertz CT molecular complexity index is 447. The van der Waals surface area contributed by atoms with Gasteiger partial charge in [-0.3, -0.25) is 0 Å². The molecule has 0 amide bonds. The Hall–Kier alpha value is -1.46. The van der Waals surface area contributed by atoms with Gasteiger partial charge < -0.3 is 5.11 Å². The summed E-state index contributed by atoms with van der Waals surface area (Å²) >= 11 is 0. The van der Waals surface area contributed by atoms with Crippen molar-refractivity contribution in [3.63, 3.8) is 0 Å². The van der Waals surface area contributed by atoms with E-state index in [-0.39, 0.29) is 5.41 Å². The van der Waals surface area contributed by atoms with Gasteiger partial charge in [0.2, 0.25) is 0 Å². The topological polar surface area (TPSA) is 80.9 Å². The van der Waals surface area contributed by atoms with Gasteiger partial charge in [0, 0.05) is 5.41 Å². The number of hydrogen-bond acceptors (Lipinski definition) is 4. The van der Waals surface area contributed by atoms with Crippen LogP contribution in [0, 0.1) is 0 Å². The molecule has 1 fully saturated rings. The van der Waals surface area contributed by atoms with Crippen LogP contribution in [-0.2, 0) is 15.7 Å². The lowest BCUT2D eigenvalue weighted by atomic mass is 9.75. The minimum atomic E-state index is -1.11. The maximum atomic E-state index is 11.3. The third-order valence-electron chi connectivity index (χ3n) is 4.02. The van der Waals surface area contributed by atoms with Crippen LogP contribution in [-0.4, -0.2) is 31.3 Å². The zero-order chi connectivity index (χ0) is 13.4. The van der Waals surface area contributed by atoms with Crippen LogP contribution in [0.25, 0.3) is 0 Å². The zero-order valence-corrected chi connectivity index (χ0v) is 11.2. The van der Waals surface area contributed by atoms with Crippen LogP contribution in [0.4, 0.5) is 0 Å². The predicted molar refractivity (Wildman–Crippen MR) is 65.2 cm³/mol. The van der Waals surface area contributed by atoms with Crippen LogP contribution in [0.2, 0.25) is 0 Å². The Morgan fingerprint density at radius 2 is 1.94 bits per heavy atom. The molecule has 1 N–H and O–H groups in total. The van der Waals surface area contributed by atoms with Crippen molar-refractivity contribution in [3.8, 4) is 0 Å². The third kappa shape index (κ3) is 2.00. The number of tetrazole rings is 1. The molecule has 0 unspecified atom stereocenters. The average molecular weight is 252 g/mol. The summed E-state index contributed by atoms with van der Waals surface area (Å²) < 4.78 is 1.47. The van der Waals surface area contributed by atoms with Gasteiger partial charge in [-0.1, -0.05) is 26.2 Å². The van der Waals surface area contributed by atoms with Gasteiger partial charge in [0.1, 0.15) is 0 Å². The molecule has 18 heavy (non-hydrogen) atoms. The Morgan fingerprint density at radius 3 is 2.50 bits per heavy atom. The zero-order valence-electron chi connectivity index (χ0n) is 11.2. The van der Waals surface area contributed by atoms with Crippen molar-refractivity contribution in [2.45, 2.75) is 63.8 Å². The van der Waals surface area contributed by atoms with Gasteiger partial charge >= 0.3 is 5.97 Å². The second-order valence-corrected chi connectivity index (χ2v) is 5.90. The number of aliphatic carboxylic acids is 1. The van der Waals surface area contributed by atoms with Crippen molar-refractivity contribution in [1.82, 2.24) is 20.2 Å². The first kappa shape index (κ1) is 13.0. The molecule has 100 valence electrons. The van der Waals surface area contributed by atoms with Crippen molar-refractivity contribution >= 4 is 5.97 Å². The van der Waals surface area contributed by atoms with Gasteiger partial charge in [0.05, 0.1) is 0 Å². The molecule has 6 nitrogen and oxygen atoms in total. The summed E-state index contributed by atoms with van der Waals surface area (Å²) in [5, 5.41) is 21.0. The van der Waals surface area contributed by atoms with Crippen LogP contribution >= 0.6 is 0 Å². The smallest absolute Gasteiger partial charge is 0.331 e. The van der Waals surface area contributed by atoms with Crippen LogP contribution in [0.15, 0.2) is 0 Å². The number of carboxylic acids is 1. The van der Waals surface area contributed by atoms with Crippen molar-refractivity contribution in [3.05, 3.63) is 5.82 Å². The quantitative estimate of drug-likeness (QED) is 0.885. The molecule has 0 atom stereocenters. The number of rotatable bonds is 3. The molecule has 2 rings (SSSR count). The Kier molecular flexibility index (Phi) is 3.12. The van der Waals surface area contributed by atoms with Crippen LogP contribution in [0.1, 0.15) is 58.7 Å². The van der Waals surface area contributed by atoms with Gasteiger partial charge in [-0.2, -0.15) is 0 Å². The number of nitrogens with zero attached hydrogens (tertiary/aromatic N) is 4. The van der Waals surface area contributed by atoms with Crippen molar-refractivity contribution in [2.24, 2.45) is 0 Å². The first-order chi connectivity index (χ1) is 8.38. The van der Waals surface area contributed by atoms with E-state index < -0.39 is 11.5 Å². The average Bonchev–Trinajstić information content (AvgIpc) is 2.79. The van der Waals surface area contributed by atoms with E-state index in [1.54, 1.807) is 13.8 Å². The summed E-state index contributed by atoms with van der Waals surface area (Å²) in [6.07, 6.45) is 5.57. The molecule has 0 aliphatic heterocycles. The molecule has 1 aliphatic carbocycles. The van der Waals surface area contributed by atoms with E-state index in [4.69, 9.17) is 0 Å². The molecule has 1 aliphatic rings. The molecular formula is C12H20N4O2. The maximum Gasteiger partial charge on any atom is 0.331 e. The highest BCUT2D eigenvalue weighted by molar-refractivity contribution is 5.75. The largest absolute Gasteiger partial charge is 0.479 e. The molecule has 0 aromatic carbocycles. The summed E-state index contributed by atoms with van der Waals surface area (Å²) in [6, 6.07) is 0. The van der Waals surface area contributed by atoms with Gasteiger partial charge in [-0.15, -0.1) is 5.10 Å². The number of carbonyl (C=O) groups is 1. The highest BCUT2D eigenvalue weighted by atomic mass is 16.4. The van der Waals surface area contributed by atoms with E-state index >= 15 is 0 Å². The summed E-state index contributed by atoms with van der Waals surface area (Å²) in [6.45, 7) is 5.38. The fourth-order valence-corrected chi connectivity index (χ4v) is 2.59. The Labute approximate surface area is 106 Å². The predicted octanol–water partition coefficient (Wildman–Crippen LogP) is 1.71. The summed E-state index contributed by atoms with van der Waals surface area (Å²) in [5.74, 6) is -0.218. The lowest BCUT2D eigenvalue weighted by Crippen LogP contribution is -2.41.